The first-order chi connectivity index (χ1) is 13.0. The number of carbonyl (C=O) groups excluding carboxylic acids is 2. The van der Waals surface area contributed by atoms with Crippen molar-refractivity contribution in [2.45, 2.75) is 31.4 Å². The van der Waals surface area contributed by atoms with Gasteiger partial charge in [0.05, 0.1) is 18.4 Å². The number of rotatable bonds is 7. The Kier molecular flexibility index (Phi) is 6.28. The SMILES string of the molecule is CCCNC(=O)Cn1nc2c(c1NC(=O)c1cc(Cl)ccc1OC)CSC2. The van der Waals surface area contributed by atoms with E-state index >= 15 is 0 Å². The summed E-state index contributed by atoms with van der Waals surface area (Å²) in [5.74, 6) is 1.99. The molecule has 0 unspecified atom stereocenters. The van der Waals surface area contributed by atoms with Crippen molar-refractivity contribution in [3.63, 3.8) is 0 Å². The van der Waals surface area contributed by atoms with Crippen LogP contribution in [0.3, 0.4) is 0 Å². The van der Waals surface area contributed by atoms with Gasteiger partial charge in [-0.2, -0.15) is 16.9 Å². The molecule has 0 aliphatic carbocycles. The summed E-state index contributed by atoms with van der Waals surface area (Å²) in [7, 11) is 1.50. The van der Waals surface area contributed by atoms with Crippen molar-refractivity contribution in [2.24, 2.45) is 0 Å². The van der Waals surface area contributed by atoms with Crippen LogP contribution in [0.4, 0.5) is 5.82 Å². The number of amides is 2. The lowest BCUT2D eigenvalue weighted by Gasteiger charge is -2.13. The zero-order chi connectivity index (χ0) is 19.4. The number of nitrogens with zero attached hydrogens (tertiary/aromatic N) is 2. The molecule has 0 saturated carbocycles. The molecule has 0 spiro atoms. The summed E-state index contributed by atoms with van der Waals surface area (Å²) in [5.41, 5.74) is 2.18. The minimum absolute atomic E-state index is 0.0555. The van der Waals surface area contributed by atoms with Crippen LogP contribution in [0.5, 0.6) is 5.75 Å². The van der Waals surface area contributed by atoms with Crippen LogP contribution in [0.1, 0.15) is 35.0 Å². The van der Waals surface area contributed by atoms with Crippen molar-refractivity contribution in [1.82, 2.24) is 15.1 Å². The fourth-order valence-electron chi connectivity index (χ4n) is 2.81. The lowest BCUT2D eigenvalue weighted by atomic mass is 10.2. The number of fused-ring (bicyclic) bond motifs is 1. The van der Waals surface area contributed by atoms with Crippen LogP contribution >= 0.6 is 23.4 Å². The maximum absolute atomic E-state index is 12.9. The molecule has 2 amide bonds. The van der Waals surface area contributed by atoms with Crippen LogP contribution in [0.15, 0.2) is 18.2 Å². The van der Waals surface area contributed by atoms with Crippen LogP contribution in [0.25, 0.3) is 0 Å². The summed E-state index contributed by atoms with van der Waals surface area (Å²) < 4.78 is 6.82. The molecule has 0 fully saturated rings. The molecular weight excluding hydrogens is 388 g/mol. The number of thioether (sulfide) groups is 1. The smallest absolute Gasteiger partial charge is 0.260 e. The number of carbonyl (C=O) groups is 2. The number of hydrogen-bond acceptors (Lipinski definition) is 5. The molecule has 0 radical (unpaired) electrons. The fourth-order valence-corrected chi connectivity index (χ4v) is 4.02. The molecule has 144 valence electrons. The monoisotopic (exact) mass is 408 g/mol. The average Bonchev–Trinajstić information content (AvgIpc) is 3.22. The second-order valence-electron chi connectivity index (χ2n) is 6.07. The molecular formula is C18H21ClN4O3S. The van der Waals surface area contributed by atoms with Gasteiger partial charge in [0.15, 0.2) is 0 Å². The Bertz CT molecular complexity index is 869. The van der Waals surface area contributed by atoms with E-state index in [0.717, 1.165) is 29.2 Å². The lowest BCUT2D eigenvalue weighted by molar-refractivity contribution is -0.121. The van der Waals surface area contributed by atoms with Crippen LogP contribution in [0.2, 0.25) is 5.02 Å². The summed E-state index contributed by atoms with van der Waals surface area (Å²) in [6.07, 6.45) is 0.857. The summed E-state index contributed by atoms with van der Waals surface area (Å²) in [5, 5.41) is 10.7. The zero-order valence-corrected chi connectivity index (χ0v) is 16.7. The van der Waals surface area contributed by atoms with Crippen molar-refractivity contribution in [1.29, 1.82) is 0 Å². The van der Waals surface area contributed by atoms with Gasteiger partial charge >= 0.3 is 0 Å². The molecule has 9 heteroatoms. The quantitative estimate of drug-likeness (QED) is 0.735. The largest absolute Gasteiger partial charge is 0.496 e. The van der Waals surface area contributed by atoms with Gasteiger partial charge in [0.2, 0.25) is 5.91 Å². The van der Waals surface area contributed by atoms with E-state index in [1.165, 1.54) is 7.11 Å². The highest BCUT2D eigenvalue weighted by atomic mass is 35.5. The first-order valence-corrected chi connectivity index (χ1v) is 10.1. The number of halogens is 1. The third-order valence-electron chi connectivity index (χ3n) is 4.12. The van der Waals surface area contributed by atoms with Gasteiger partial charge in [-0.25, -0.2) is 4.68 Å². The molecule has 7 nitrogen and oxygen atoms in total. The minimum atomic E-state index is -0.357. The van der Waals surface area contributed by atoms with Gasteiger partial charge in [0, 0.05) is 28.6 Å². The fraction of sp³-hybridized carbons (Fsp3) is 0.389. The van der Waals surface area contributed by atoms with Crippen molar-refractivity contribution >= 4 is 41.0 Å². The maximum Gasteiger partial charge on any atom is 0.260 e. The predicted octanol–water partition coefficient (Wildman–Crippen LogP) is 3.07. The maximum atomic E-state index is 12.9. The standard InChI is InChI=1S/C18H21ClN4O3S/c1-3-6-20-16(24)8-23-17(13-9-27-10-14(13)22-23)21-18(25)12-7-11(19)4-5-15(12)26-2/h4-5,7H,3,6,8-10H2,1-2H3,(H,20,24)(H,21,25). The topological polar surface area (TPSA) is 85.3 Å². The van der Waals surface area contributed by atoms with Crippen molar-refractivity contribution in [3.05, 3.63) is 40.0 Å². The van der Waals surface area contributed by atoms with E-state index in [1.807, 2.05) is 6.92 Å². The molecule has 1 aliphatic rings. The average molecular weight is 409 g/mol. The highest BCUT2D eigenvalue weighted by Gasteiger charge is 2.26. The molecule has 3 rings (SSSR count). The van der Waals surface area contributed by atoms with Crippen LogP contribution < -0.4 is 15.4 Å². The molecule has 27 heavy (non-hydrogen) atoms. The Hall–Kier alpha value is -2.19. The van der Waals surface area contributed by atoms with Crippen LogP contribution in [-0.2, 0) is 22.8 Å². The molecule has 0 saturated heterocycles. The number of methoxy groups -OCH3 is 1. The Morgan fingerprint density at radius 1 is 1.37 bits per heavy atom. The molecule has 0 atom stereocenters. The van der Waals surface area contributed by atoms with E-state index < -0.39 is 0 Å². The number of aromatic nitrogens is 2. The second kappa shape index (κ2) is 8.67. The van der Waals surface area contributed by atoms with E-state index in [1.54, 1.807) is 34.6 Å². The zero-order valence-electron chi connectivity index (χ0n) is 15.2. The Balaban J connectivity index is 1.87. The Morgan fingerprint density at radius 3 is 2.93 bits per heavy atom. The molecule has 1 aromatic heterocycles. The van der Waals surface area contributed by atoms with Crippen LogP contribution in [-0.4, -0.2) is 35.2 Å². The second-order valence-corrected chi connectivity index (χ2v) is 7.50. The highest BCUT2D eigenvalue weighted by Crippen LogP contribution is 2.35. The number of benzene rings is 1. The minimum Gasteiger partial charge on any atom is -0.496 e. The third kappa shape index (κ3) is 4.39. The number of hydrogen-bond donors (Lipinski definition) is 2. The summed E-state index contributed by atoms with van der Waals surface area (Å²) in [4.78, 5) is 25.0. The summed E-state index contributed by atoms with van der Waals surface area (Å²) in [6.45, 7) is 2.65. The van der Waals surface area contributed by atoms with Crippen molar-refractivity contribution in [2.75, 3.05) is 19.0 Å². The van der Waals surface area contributed by atoms with Gasteiger partial charge in [-0.1, -0.05) is 18.5 Å². The number of nitrogens with one attached hydrogen (secondary N) is 2. The third-order valence-corrected chi connectivity index (χ3v) is 5.33. The van der Waals surface area contributed by atoms with E-state index in [0.29, 0.717) is 28.7 Å². The Labute approximate surface area is 166 Å². The summed E-state index contributed by atoms with van der Waals surface area (Å²) in [6, 6.07) is 4.86. The van der Waals surface area contributed by atoms with Gasteiger partial charge in [-0.3, -0.25) is 9.59 Å². The molecule has 2 N–H and O–H groups in total. The first kappa shape index (κ1) is 19.6. The summed E-state index contributed by atoms with van der Waals surface area (Å²) >= 11 is 7.76. The van der Waals surface area contributed by atoms with E-state index in [9.17, 15) is 9.59 Å². The number of anilines is 1. The molecule has 2 aromatic rings. The highest BCUT2D eigenvalue weighted by molar-refractivity contribution is 7.98. The molecule has 1 aliphatic heterocycles. The van der Waals surface area contributed by atoms with Gasteiger partial charge < -0.3 is 15.4 Å². The van der Waals surface area contributed by atoms with Gasteiger partial charge in [0.1, 0.15) is 18.1 Å². The molecule has 0 bridgehead atoms. The van der Waals surface area contributed by atoms with Crippen molar-refractivity contribution in [3.8, 4) is 5.75 Å². The lowest BCUT2D eigenvalue weighted by Crippen LogP contribution is -2.29. The van der Waals surface area contributed by atoms with Gasteiger partial charge in [-0.05, 0) is 24.6 Å². The van der Waals surface area contributed by atoms with Crippen molar-refractivity contribution < 1.29 is 14.3 Å². The number of ether oxygens (including phenoxy) is 1. The van der Waals surface area contributed by atoms with E-state index in [2.05, 4.69) is 15.7 Å². The van der Waals surface area contributed by atoms with Crippen LogP contribution in [0, 0.1) is 0 Å². The first-order valence-electron chi connectivity index (χ1n) is 8.61. The molecule has 2 heterocycles. The van der Waals surface area contributed by atoms with Gasteiger partial charge in [0.25, 0.3) is 5.91 Å². The van der Waals surface area contributed by atoms with E-state index in [4.69, 9.17) is 16.3 Å². The van der Waals surface area contributed by atoms with Gasteiger partial charge in [-0.15, -0.1) is 0 Å². The normalized spacial score (nSPS) is 12.6. The van der Waals surface area contributed by atoms with E-state index in [-0.39, 0.29) is 18.4 Å². The Morgan fingerprint density at radius 2 is 2.19 bits per heavy atom. The molecule has 1 aromatic carbocycles. The predicted molar refractivity (Wildman–Crippen MR) is 106 cm³/mol.